The Labute approximate surface area is 173 Å². The third-order valence-electron chi connectivity index (χ3n) is 5.05. The quantitative estimate of drug-likeness (QED) is 0.315. The first-order valence-corrected chi connectivity index (χ1v) is 11.1. The molecule has 0 aliphatic rings. The smallest absolute Gasteiger partial charge is 0.183 e. The second-order valence-electron chi connectivity index (χ2n) is 9.95. The van der Waals surface area contributed by atoms with Crippen molar-refractivity contribution in [3.8, 4) is 5.75 Å². The fraction of sp³-hybridized carbons (Fsp3) is 0.760. The molecule has 3 heteroatoms. The predicted molar refractivity (Wildman–Crippen MR) is 119 cm³/mol. The van der Waals surface area contributed by atoms with Gasteiger partial charge < -0.3 is 14.6 Å². The molecule has 0 saturated carbocycles. The molecule has 0 saturated heterocycles. The van der Waals surface area contributed by atoms with E-state index in [9.17, 15) is 5.11 Å². The Morgan fingerprint density at radius 1 is 0.750 bits per heavy atom. The van der Waals surface area contributed by atoms with E-state index in [0.717, 1.165) is 29.5 Å². The zero-order valence-electron chi connectivity index (χ0n) is 19.7. The van der Waals surface area contributed by atoms with Gasteiger partial charge in [-0.15, -0.1) is 0 Å². The van der Waals surface area contributed by atoms with Gasteiger partial charge >= 0.3 is 0 Å². The second-order valence-corrected chi connectivity index (χ2v) is 9.95. The van der Waals surface area contributed by atoms with Crippen LogP contribution in [0.3, 0.4) is 0 Å². The van der Waals surface area contributed by atoms with Gasteiger partial charge in [0.15, 0.2) is 6.29 Å². The summed E-state index contributed by atoms with van der Waals surface area (Å²) in [5, 5.41) is 11.0. The number of phenolic OH excluding ortho intramolecular Hbond substituents is 1. The molecule has 0 radical (unpaired) electrons. The van der Waals surface area contributed by atoms with E-state index >= 15 is 0 Å². The first-order chi connectivity index (χ1) is 13.0. The molecule has 28 heavy (non-hydrogen) atoms. The van der Waals surface area contributed by atoms with Gasteiger partial charge in [-0.3, -0.25) is 0 Å². The van der Waals surface area contributed by atoms with Gasteiger partial charge in [-0.25, -0.2) is 0 Å². The number of benzene rings is 1. The molecule has 0 spiro atoms. The van der Waals surface area contributed by atoms with E-state index in [1.54, 1.807) is 0 Å². The number of unbranched alkanes of at least 4 members (excludes halogenated alkanes) is 4. The summed E-state index contributed by atoms with van der Waals surface area (Å²) in [6.07, 6.45) is 6.39. The van der Waals surface area contributed by atoms with E-state index < -0.39 is 0 Å². The first-order valence-electron chi connectivity index (χ1n) is 11.1. The summed E-state index contributed by atoms with van der Waals surface area (Å²) in [5.74, 6) is 0.402. The normalized spacial score (nSPS) is 12.8. The number of phenols is 1. The molecular formula is C25H44O3. The van der Waals surface area contributed by atoms with Crippen LogP contribution in [0.5, 0.6) is 5.75 Å². The number of ether oxygens (including phenoxy) is 2. The highest BCUT2D eigenvalue weighted by molar-refractivity contribution is 5.50. The van der Waals surface area contributed by atoms with Gasteiger partial charge in [0.25, 0.3) is 0 Å². The highest BCUT2D eigenvalue weighted by Gasteiger charge is 2.28. The maximum absolute atomic E-state index is 11.0. The van der Waals surface area contributed by atoms with E-state index in [4.69, 9.17) is 9.47 Å². The fourth-order valence-corrected chi connectivity index (χ4v) is 3.26. The topological polar surface area (TPSA) is 38.7 Å². The molecule has 0 amide bonds. The lowest BCUT2D eigenvalue weighted by atomic mass is 9.78. The maximum Gasteiger partial charge on any atom is 0.183 e. The molecule has 0 bridgehead atoms. The Morgan fingerprint density at radius 3 is 1.46 bits per heavy atom. The van der Waals surface area contributed by atoms with Crippen LogP contribution in [-0.2, 0) is 20.3 Å². The summed E-state index contributed by atoms with van der Waals surface area (Å²) < 4.78 is 12.4. The van der Waals surface area contributed by atoms with Crippen LogP contribution >= 0.6 is 0 Å². The molecule has 0 aromatic heterocycles. The van der Waals surface area contributed by atoms with Crippen molar-refractivity contribution in [2.75, 3.05) is 13.2 Å². The highest BCUT2D eigenvalue weighted by atomic mass is 16.7. The van der Waals surface area contributed by atoms with Crippen molar-refractivity contribution in [1.29, 1.82) is 0 Å². The highest BCUT2D eigenvalue weighted by Crippen LogP contribution is 2.41. The summed E-state index contributed by atoms with van der Waals surface area (Å²) in [4.78, 5) is 0. The Balaban J connectivity index is 3.24. The van der Waals surface area contributed by atoms with Crippen molar-refractivity contribution in [2.24, 2.45) is 0 Å². The summed E-state index contributed by atoms with van der Waals surface area (Å²) in [5.41, 5.74) is 2.61. The molecule has 0 fully saturated rings. The zero-order valence-corrected chi connectivity index (χ0v) is 19.7. The van der Waals surface area contributed by atoms with E-state index in [-0.39, 0.29) is 17.1 Å². The Kier molecular flexibility index (Phi) is 10.00. The standard InChI is InChI=1S/C25H44O3/c1-9-11-13-15-27-23(28-16-14-12-10-2)19-17-20(24(3,4)5)22(26)21(18-19)25(6,7)8/h17-18,23,26H,9-16H2,1-8H3. The number of rotatable bonds is 11. The lowest BCUT2D eigenvalue weighted by Gasteiger charge is -2.30. The molecule has 0 aliphatic carbocycles. The third-order valence-corrected chi connectivity index (χ3v) is 5.05. The number of aromatic hydroxyl groups is 1. The second kappa shape index (κ2) is 11.2. The van der Waals surface area contributed by atoms with Crippen LogP contribution in [0.25, 0.3) is 0 Å². The fourth-order valence-electron chi connectivity index (χ4n) is 3.26. The summed E-state index contributed by atoms with van der Waals surface area (Å²) in [6, 6.07) is 4.16. The molecule has 1 N–H and O–H groups in total. The molecule has 1 aromatic rings. The molecule has 3 nitrogen and oxygen atoms in total. The van der Waals surface area contributed by atoms with Gasteiger partial charge in [-0.1, -0.05) is 81.1 Å². The third kappa shape index (κ3) is 7.75. The van der Waals surface area contributed by atoms with Crippen molar-refractivity contribution >= 4 is 0 Å². The minimum atomic E-state index is -0.378. The van der Waals surface area contributed by atoms with Crippen molar-refractivity contribution in [3.63, 3.8) is 0 Å². The minimum absolute atomic E-state index is 0.158. The predicted octanol–water partition coefficient (Wildman–Crippen LogP) is 7.40. The average molecular weight is 393 g/mol. The van der Waals surface area contributed by atoms with Crippen molar-refractivity contribution in [1.82, 2.24) is 0 Å². The molecule has 1 rings (SSSR count). The minimum Gasteiger partial charge on any atom is -0.507 e. The Bertz CT molecular complexity index is 531. The number of hydrogen-bond donors (Lipinski definition) is 1. The van der Waals surface area contributed by atoms with Gasteiger partial charge in [0, 0.05) is 5.56 Å². The van der Waals surface area contributed by atoms with Gasteiger partial charge in [-0.05, 0) is 46.9 Å². The van der Waals surface area contributed by atoms with Crippen LogP contribution < -0.4 is 0 Å². The summed E-state index contributed by atoms with van der Waals surface area (Å²) in [6.45, 7) is 18.6. The SMILES string of the molecule is CCCCCOC(OCCCCC)c1cc(C(C)(C)C)c(O)c(C(C)(C)C)c1. The largest absolute Gasteiger partial charge is 0.507 e. The van der Waals surface area contributed by atoms with Crippen LogP contribution in [0.2, 0.25) is 0 Å². The maximum atomic E-state index is 11.0. The van der Waals surface area contributed by atoms with Crippen molar-refractivity contribution < 1.29 is 14.6 Å². The molecule has 0 atom stereocenters. The van der Waals surface area contributed by atoms with Gasteiger partial charge in [0.1, 0.15) is 5.75 Å². The number of hydrogen-bond acceptors (Lipinski definition) is 3. The Hall–Kier alpha value is -1.06. The molecule has 0 heterocycles. The Morgan fingerprint density at radius 2 is 1.14 bits per heavy atom. The van der Waals surface area contributed by atoms with Gasteiger partial charge in [0.05, 0.1) is 13.2 Å². The van der Waals surface area contributed by atoms with Crippen LogP contribution in [0.1, 0.15) is 117 Å². The lowest BCUT2D eigenvalue weighted by molar-refractivity contribution is -0.148. The van der Waals surface area contributed by atoms with Crippen molar-refractivity contribution in [2.45, 2.75) is 111 Å². The van der Waals surface area contributed by atoms with Crippen LogP contribution in [0.4, 0.5) is 0 Å². The molecule has 1 aromatic carbocycles. The molecule has 0 aliphatic heterocycles. The van der Waals surface area contributed by atoms with Gasteiger partial charge in [0.2, 0.25) is 0 Å². The average Bonchev–Trinajstić information content (AvgIpc) is 2.58. The molecule has 162 valence electrons. The van der Waals surface area contributed by atoms with E-state index in [1.165, 1.54) is 25.7 Å². The van der Waals surface area contributed by atoms with E-state index in [1.807, 2.05) is 0 Å². The monoisotopic (exact) mass is 392 g/mol. The summed E-state index contributed by atoms with van der Waals surface area (Å²) in [7, 11) is 0. The molecular weight excluding hydrogens is 348 g/mol. The van der Waals surface area contributed by atoms with Crippen LogP contribution in [0, 0.1) is 0 Å². The van der Waals surface area contributed by atoms with E-state index in [0.29, 0.717) is 19.0 Å². The lowest BCUT2D eigenvalue weighted by Crippen LogP contribution is -2.20. The van der Waals surface area contributed by atoms with Crippen LogP contribution in [0.15, 0.2) is 12.1 Å². The van der Waals surface area contributed by atoms with E-state index in [2.05, 4.69) is 67.5 Å². The summed E-state index contributed by atoms with van der Waals surface area (Å²) >= 11 is 0. The first kappa shape index (κ1) is 25.0. The molecule has 0 unspecified atom stereocenters. The zero-order chi connectivity index (χ0) is 21.4. The van der Waals surface area contributed by atoms with Crippen molar-refractivity contribution in [3.05, 3.63) is 28.8 Å². The van der Waals surface area contributed by atoms with Crippen LogP contribution in [-0.4, -0.2) is 18.3 Å². The van der Waals surface area contributed by atoms with Gasteiger partial charge in [-0.2, -0.15) is 0 Å².